The van der Waals surface area contributed by atoms with Crippen LogP contribution in [-0.4, -0.2) is 27.2 Å². The van der Waals surface area contributed by atoms with Gasteiger partial charge in [0.05, 0.1) is 5.69 Å². The fourth-order valence-corrected chi connectivity index (χ4v) is 3.05. The molecule has 1 N–H and O–H groups in total. The molecule has 2 aromatic rings. The van der Waals surface area contributed by atoms with Crippen molar-refractivity contribution in [3.05, 3.63) is 46.9 Å². The molecule has 1 amide bonds. The third-order valence-electron chi connectivity index (χ3n) is 4.40. The lowest BCUT2D eigenvalue weighted by atomic mass is 9.89. The minimum Gasteiger partial charge on any atom is -0.354 e. The molecule has 126 valence electrons. The summed E-state index contributed by atoms with van der Waals surface area (Å²) in [5.74, 6) is 0.389. The van der Waals surface area contributed by atoms with E-state index in [1.54, 1.807) is 12.3 Å². The Morgan fingerprint density at radius 1 is 1.12 bits per heavy atom. The number of amides is 1. The quantitative estimate of drug-likeness (QED) is 0.912. The van der Waals surface area contributed by atoms with Crippen LogP contribution in [0.3, 0.4) is 0 Å². The molecule has 3 rings (SSSR count). The van der Waals surface area contributed by atoms with Crippen LogP contribution in [0.4, 0.5) is 0 Å². The molecular weight excluding hydrogens is 304 g/mol. The molecule has 0 aromatic carbocycles. The Bertz CT molecular complexity index is 736. The van der Waals surface area contributed by atoms with Crippen molar-refractivity contribution in [2.45, 2.75) is 38.6 Å². The number of hydrogen-bond acceptors (Lipinski definition) is 4. The summed E-state index contributed by atoms with van der Waals surface area (Å²) in [4.78, 5) is 28.3. The number of aromatic nitrogens is 3. The minimum atomic E-state index is -0.289. The average Bonchev–Trinajstić information content (AvgIpc) is 2.63. The normalized spacial score (nSPS) is 15.2. The molecule has 0 atom stereocenters. The summed E-state index contributed by atoms with van der Waals surface area (Å²) in [6, 6.07) is 8.54. The Kier molecular flexibility index (Phi) is 5.36. The van der Waals surface area contributed by atoms with Gasteiger partial charge < -0.3 is 5.32 Å². The van der Waals surface area contributed by atoms with Crippen molar-refractivity contribution in [3.63, 3.8) is 0 Å². The first kappa shape index (κ1) is 16.4. The van der Waals surface area contributed by atoms with Gasteiger partial charge in [-0.2, -0.15) is 5.10 Å². The molecule has 6 nitrogen and oxygen atoms in total. The zero-order valence-electron chi connectivity index (χ0n) is 13.6. The number of hydrogen-bond donors (Lipinski definition) is 1. The van der Waals surface area contributed by atoms with Crippen LogP contribution in [0, 0.1) is 5.92 Å². The summed E-state index contributed by atoms with van der Waals surface area (Å²) in [5, 5.41) is 7.19. The molecule has 2 heterocycles. The second-order valence-corrected chi connectivity index (χ2v) is 6.24. The van der Waals surface area contributed by atoms with Gasteiger partial charge in [-0.1, -0.05) is 25.3 Å². The Hall–Kier alpha value is -2.50. The smallest absolute Gasteiger partial charge is 0.267 e. The average molecular weight is 326 g/mol. The van der Waals surface area contributed by atoms with Crippen LogP contribution in [0.25, 0.3) is 11.4 Å². The van der Waals surface area contributed by atoms with Crippen LogP contribution < -0.4 is 10.9 Å². The monoisotopic (exact) mass is 326 g/mol. The maximum Gasteiger partial charge on any atom is 0.267 e. The highest BCUT2D eigenvalue weighted by molar-refractivity contribution is 5.75. The maximum atomic E-state index is 12.1. The van der Waals surface area contributed by atoms with E-state index in [0.717, 1.165) is 0 Å². The molecule has 0 radical (unpaired) electrons. The molecule has 1 saturated carbocycles. The van der Waals surface area contributed by atoms with Crippen molar-refractivity contribution in [2.24, 2.45) is 5.92 Å². The molecule has 1 aliphatic carbocycles. The van der Waals surface area contributed by atoms with Crippen LogP contribution in [0.2, 0.25) is 0 Å². The van der Waals surface area contributed by atoms with Crippen LogP contribution in [0.5, 0.6) is 0 Å². The number of nitrogens with zero attached hydrogens (tertiary/aromatic N) is 3. The molecular formula is C18H22N4O2. The standard InChI is InChI=1S/C18H22N4O2/c23-17(20-12-14-6-2-1-3-7-14)13-22-18(24)10-9-16(21-22)15-8-4-5-11-19-15/h4-5,8-11,14H,1-3,6-7,12-13H2,(H,20,23). The van der Waals surface area contributed by atoms with E-state index >= 15 is 0 Å². The van der Waals surface area contributed by atoms with Crippen LogP contribution in [0.1, 0.15) is 32.1 Å². The Morgan fingerprint density at radius 3 is 2.71 bits per heavy atom. The van der Waals surface area contributed by atoms with Gasteiger partial charge in [-0.05, 0) is 37.0 Å². The number of carbonyl (C=O) groups excluding carboxylic acids is 1. The van der Waals surface area contributed by atoms with Gasteiger partial charge in [0.15, 0.2) is 0 Å². The predicted octanol–water partition coefficient (Wildman–Crippen LogP) is 2.00. The second-order valence-electron chi connectivity index (χ2n) is 6.24. The van der Waals surface area contributed by atoms with Crippen molar-refractivity contribution in [1.29, 1.82) is 0 Å². The molecule has 0 saturated heterocycles. The fraction of sp³-hybridized carbons (Fsp3) is 0.444. The lowest BCUT2D eigenvalue weighted by molar-refractivity contribution is -0.122. The number of pyridine rings is 1. The van der Waals surface area contributed by atoms with Crippen LogP contribution in [-0.2, 0) is 11.3 Å². The van der Waals surface area contributed by atoms with Crippen molar-refractivity contribution in [2.75, 3.05) is 6.54 Å². The van der Waals surface area contributed by atoms with Gasteiger partial charge in [0.25, 0.3) is 5.56 Å². The Morgan fingerprint density at radius 2 is 1.96 bits per heavy atom. The lowest BCUT2D eigenvalue weighted by Crippen LogP contribution is -2.36. The zero-order chi connectivity index (χ0) is 16.8. The molecule has 24 heavy (non-hydrogen) atoms. The predicted molar refractivity (Wildman–Crippen MR) is 91.3 cm³/mol. The number of nitrogens with one attached hydrogen (secondary N) is 1. The SMILES string of the molecule is O=C(Cn1nc(-c2ccccn2)ccc1=O)NCC1CCCCC1. The highest BCUT2D eigenvalue weighted by Crippen LogP contribution is 2.22. The van der Waals surface area contributed by atoms with E-state index in [2.05, 4.69) is 15.4 Å². The van der Waals surface area contributed by atoms with E-state index in [0.29, 0.717) is 23.9 Å². The van der Waals surface area contributed by atoms with E-state index in [-0.39, 0.29) is 18.0 Å². The number of rotatable bonds is 5. The number of carbonyl (C=O) groups is 1. The summed E-state index contributed by atoms with van der Waals surface area (Å²) in [7, 11) is 0. The van der Waals surface area contributed by atoms with Crippen molar-refractivity contribution >= 4 is 5.91 Å². The van der Waals surface area contributed by atoms with Gasteiger partial charge in [0.2, 0.25) is 5.91 Å². The summed E-state index contributed by atoms with van der Waals surface area (Å²) < 4.78 is 1.19. The summed E-state index contributed by atoms with van der Waals surface area (Å²) >= 11 is 0. The molecule has 1 fully saturated rings. The van der Waals surface area contributed by atoms with Gasteiger partial charge in [0.1, 0.15) is 12.2 Å². The van der Waals surface area contributed by atoms with Crippen molar-refractivity contribution < 1.29 is 4.79 Å². The van der Waals surface area contributed by atoms with Gasteiger partial charge in [-0.25, -0.2) is 4.68 Å². The summed E-state index contributed by atoms with van der Waals surface area (Å²) in [6.07, 6.45) is 7.80. The molecule has 1 aliphatic rings. The van der Waals surface area contributed by atoms with Gasteiger partial charge in [0, 0.05) is 18.8 Å². The molecule has 0 spiro atoms. The topological polar surface area (TPSA) is 76.9 Å². The fourth-order valence-electron chi connectivity index (χ4n) is 3.05. The second kappa shape index (κ2) is 7.86. The highest BCUT2D eigenvalue weighted by atomic mass is 16.2. The van der Waals surface area contributed by atoms with E-state index < -0.39 is 0 Å². The first-order valence-electron chi connectivity index (χ1n) is 8.48. The van der Waals surface area contributed by atoms with Gasteiger partial charge >= 0.3 is 0 Å². The first-order chi connectivity index (χ1) is 11.7. The molecule has 0 unspecified atom stereocenters. The van der Waals surface area contributed by atoms with E-state index in [4.69, 9.17) is 0 Å². The largest absolute Gasteiger partial charge is 0.354 e. The third kappa shape index (κ3) is 4.28. The molecule has 6 heteroatoms. The van der Waals surface area contributed by atoms with Crippen LogP contribution >= 0.6 is 0 Å². The van der Waals surface area contributed by atoms with E-state index in [1.807, 2.05) is 18.2 Å². The summed E-state index contributed by atoms with van der Waals surface area (Å²) in [5.41, 5.74) is 0.964. The highest BCUT2D eigenvalue weighted by Gasteiger charge is 2.15. The van der Waals surface area contributed by atoms with E-state index in [1.165, 1.54) is 42.9 Å². The van der Waals surface area contributed by atoms with E-state index in [9.17, 15) is 9.59 Å². The first-order valence-corrected chi connectivity index (χ1v) is 8.48. The molecule has 0 bridgehead atoms. The zero-order valence-corrected chi connectivity index (χ0v) is 13.6. The minimum absolute atomic E-state index is 0.0633. The maximum absolute atomic E-state index is 12.1. The summed E-state index contributed by atoms with van der Waals surface area (Å²) in [6.45, 7) is 0.625. The molecule has 0 aliphatic heterocycles. The third-order valence-corrected chi connectivity index (χ3v) is 4.40. The lowest BCUT2D eigenvalue weighted by Gasteiger charge is -2.21. The van der Waals surface area contributed by atoms with Crippen LogP contribution in [0.15, 0.2) is 41.3 Å². The Balaban J connectivity index is 1.63. The van der Waals surface area contributed by atoms with Crippen molar-refractivity contribution in [1.82, 2.24) is 20.1 Å². The van der Waals surface area contributed by atoms with Crippen molar-refractivity contribution in [3.8, 4) is 11.4 Å². The van der Waals surface area contributed by atoms with Gasteiger partial charge in [-0.15, -0.1) is 0 Å². The Labute approximate surface area is 140 Å². The van der Waals surface area contributed by atoms with Gasteiger partial charge in [-0.3, -0.25) is 14.6 Å². The molecule has 2 aromatic heterocycles.